The summed E-state index contributed by atoms with van der Waals surface area (Å²) in [6.07, 6.45) is 3.02. The predicted octanol–water partition coefficient (Wildman–Crippen LogP) is 1.33. The third-order valence-electron chi connectivity index (χ3n) is 2.49. The molecule has 0 aromatic heterocycles. The van der Waals surface area contributed by atoms with E-state index in [1.54, 1.807) is 0 Å². The van der Waals surface area contributed by atoms with Gasteiger partial charge >= 0.3 is 5.97 Å². The summed E-state index contributed by atoms with van der Waals surface area (Å²) < 4.78 is 4.82. The largest absolute Gasteiger partial charge is 0.466 e. The predicted molar refractivity (Wildman–Crippen MR) is 51.4 cm³/mol. The lowest BCUT2D eigenvalue weighted by Crippen LogP contribution is -2.22. The fourth-order valence-corrected chi connectivity index (χ4v) is 1.54. The van der Waals surface area contributed by atoms with E-state index in [-0.39, 0.29) is 5.97 Å². The number of carbonyl (C=O) groups is 1. The molecule has 76 valence electrons. The van der Waals surface area contributed by atoms with Crippen molar-refractivity contribution < 1.29 is 9.53 Å². The highest BCUT2D eigenvalue weighted by atomic mass is 16.5. The van der Waals surface area contributed by atoms with Gasteiger partial charge in [0.15, 0.2) is 0 Å². The Hall–Kier alpha value is -0.570. The maximum atomic E-state index is 10.9. The summed E-state index contributed by atoms with van der Waals surface area (Å²) in [5.74, 6) is 0.755. The molecule has 0 bridgehead atoms. The average Bonchev–Trinajstić information content (AvgIpc) is 2.84. The quantitative estimate of drug-likeness (QED) is 0.634. The first-order chi connectivity index (χ1) is 6.27. The molecule has 0 radical (unpaired) electrons. The Labute approximate surface area is 79.8 Å². The molecule has 3 heteroatoms. The first kappa shape index (κ1) is 10.5. The van der Waals surface area contributed by atoms with E-state index in [4.69, 9.17) is 4.74 Å². The molecule has 1 aliphatic rings. The minimum Gasteiger partial charge on any atom is -0.466 e. The summed E-state index contributed by atoms with van der Waals surface area (Å²) in [6, 6.07) is 0.666. The molecule has 1 fully saturated rings. The Morgan fingerprint density at radius 1 is 1.54 bits per heavy atom. The molecular formula is C10H19NO2. The van der Waals surface area contributed by atoms with Crippen LogP contribution in [0.4, 0.5) is 0 Å². The summed E-state index contributed by atoms with van der Waals surface area (Å²) in [5, 5.41) is 3.35. The van der Waals surface area contributed by atoms with E-state index in [9.17, 15) is 4.79 Å². The van der Waals surface area contributed by atoms with E-state index in [0.717, 1.165) is 12.5 Å². The van der Waals surface area contributed by atoms with Crippen LogP contribution in [0.5, 0.6) is 0 Å². The fourth-order valence-electron chi connectivity index (χ4n) is 1.54. The molecule has 1 aliphatic carbocycles. The van der Waals surface area contributed by atoms with Crippen molar-refractivity contribution in [2.24, 2.45) is 5.92 Å². The first-order valence-electron chi connectivity index (χ1n) is 5.16. The Morgan fingerprint density at radius 2 is 2.31 bits per heavy atom. The highest BCUT2D eigenvalue weighted by Gasteiger charge is 2.34. The van der Waals surface area contributed by atoms with Crippen molar-refractivity contribution in [1.29, 1.82) is 0 Å². The number of carbonyl (C=O) groups excluding carboxylic acids is 1. The fraction of sp³-hybridized carbons (Fsp3) is 0.900. The molecule has 0 heterocycles. The second-order valence-electron chi connectivity index (χ2n) is 3.52. The van der Waals surface area contributed by atoms with Crippen LogP contribution < -0.4 is 5.32 Å². The summed E-state index contributed by atoms with van der Waals surface area (Å²) in [5.41, 5.74) is 0. The average molecular weight is 185 g/mol. The molecule has 13 heavy (non-hydrogen) atoms. The molecule has 1 saturated carbocycles. The molecule has 3 nitrogen and oxygen atoms in total. The zero-order chi connectivity index (χ0) is 9.68. The van der Waals surface area contributed by atoms with Crippen LogP contribution in [-0.2, 0) is 9.53 Å². The van der Waals surface area contributed by atoms with E-state index in [1.807, 2.05) is 6.92 Å². The van der Waals surface area contributed by atoms with Crippen LogP contribution in [0.15, 0.2) is 0 Å². The molecule has 0 amide bonds. The van der Waals surface area contributed by atoms with Crippen molar-refractivity contribution in [3.05, 3.63) is 0 Å². The van der Waals surface area contributed by atoms with Crippen molar-refractivity contribution in [2.45, 2.75) is 39.2 Å². The van der Waals surface area contributed by atoms with Crippen LogP contribution in [0.3, 0.4) is 0 Å². The molecule has 0 spiro atoms. The van der Waals surface area contributed by atoms with Gasteiger partial charge < -0.3 is 10.1 Å². The second-order valence-corrected chi connectivity index (χ2v) is 3.52. The summed E-state index contributed by atoms with van der Waals surface area (Å²) in [7, 11) is 0. The highest BCUT2D eigenvalue weighted by molar-refractivity contribution is 5.69. The van der Waals surface area contributed by atoms with Gasteiger partial charge in [0.2, 0.25) is 0 Å². The molecule has 2 unspecified atom stereocenters. The molecule has 1 rings (SSSR count). The zero-order valence-corrected chi connectivity index (χ0v) is 8.51. The van der Waals surface area contributed by atoms with Crippen LogP contribution in [0.25, 0.3) is 0 Å². The van der Waals surface area contributed by atoms with E-state index in [1.165, 1.54) is 12.8 Å². The van der Waals surface area contributed by atoms with Gasteiger partial charge in [-0.05, 0) is 19.3 Å². The van der Waals surface area contributed by atoms with Gasteiger partial charge in [0.25, 0.3) is 0 Å². The Morgan fingerprint density at radius 3 is 2.85 bits per heavy atom. The van der Waals surface area contributed by atoms with Crippen molar-refractivity contribution in [1.82, 2.24) is 5.32 Å². The lowest BCUT2D eigenvalue weighted by Gasteiger charge is -2.03. The number of hydrogen-bond acceptors (Lipinski definition) is 3. The Kier molecular flexibility index (Phi) is 4.22. The molecule has 0 aliphatic heterocycles. The second kappa shape index (κ2) is 5.22. The monoisotopic (exact) mass is 185 g/mol. The number of esters is 1. The van der Waals surface area contributed by atoms with E-state index >= 15 is 0 Å². The molecule has 2 atom stereocenters. The zero-order valence-electron chi connectivity index (χ0n) is 8.51. The Balaban J connectivity index is 1.93. The lowest BCUT2D eigenvalue weighted by atomic mass is 10.3. The normalized spacial score (nSPS) is 25.7. The molecule has 0 aromatic rings. The van der Waals surface area contributed by atoms with Gasteiger partial charge in [-0.2, -0.15) is 0 Å². The van der Waals surface area contributed by atoms with Crippen molar-refractivity contribution in [2.75, 3.05) is 13.2 Å². The summed E-state index contributed by atoms with van der Waals surface area (Å²) >= 11 is 0. The number of nitrogens with one attached hydrogen (secondary N) is 1. The van der Waals surface area contributed by atoms with Crippen molar-refractivity contribution >= 4 is 5.97 Å². The number of ether oxygens (including phenoxy) is 1. The third-order valence-corrected chi connectivity index (χ3v) is 2.49. The van der Waals surface area contributed by atoms with Gasteiger partial charge in [-0.3, -0.25) is 4.79 Å². The molecular weight excluding hydrogens is 166 g/mol. The van der Waals surface area contributed by atoms with Gasteiger partial charge in [0, 0.05) is 12.6 Å². The van der Waals surface area contributed by atoms with Crippen LogP contribution in [0.2, 0.25) is 0 Å². The van der Waals surface area contributed by atoms with Crippen LogP contribution in [0.1, 0.15) is 33.1 Å². The van der Waals surface area contributed by atoms with Crippen LogP contribution in [0, 0.1) is 5.92 Å². The van der Waals surface area contributed by atoms with Gasteiger partial charge in [-0.25, -0.2) is 0 Å². The third kappa shape index (κ3) is 3.77. The maximum absolute atomic E-state index is 10.9. The number of rotatable bonds is 6. The minimum absolute atomic E-state index is 0.0938. The van der Waals surface area contributed by atoms with Crippen LogP contribution in [-0.4, -0.2) is 25.2 Å². The topological polar surface area (TPSA) is 38.3 Å². The smallest absolute Gasteiger partial charge is 0.307 e. The van der Waals surface area contributed by atoms with Gasteiger partial charge in [0.1, 0.15) is 0 Å². The highest BCUT2D eigenvalue weighted by Crippen LogP contribution is 2.32. The van der Waals surface area contributed by atoms with Crippen molar-refractivity contribution in [3.8, 4) is 0 Å². The first-order valence-corrected chi connectivity index (χ1v) is 5.16. The molecule has 0 aromatic carbocycles. The molecule has 1 N–H and O–H groups in total. The maximum Gasteiger partial charge on any atom is 0.307 e. The SMILES string of the molecule is CCOC(=O)CCNC1CC1CC. The summed E-state index contributed by atoms with van der Waals surface area (Å²) in [4.78, 5) is 10.9. The van der Waals surface area contributed by atoms with Crippen molar-refractivity contribution in [3.63, 3.8) is 0 Å². The van der Waals surface area contributed by atoms with E-state index < -0.39 is 0 Å². The van der Waals surface area contributed by atoms with Gasteiger partial charge in [-0.15, -0.1) is 0 Å². The minimum atomic E-state index is -0.0938. The number of hydrogen-bond donors (Lipinski definition) is 1. The van der Waals surface area contributed by atoms with Gasteiger partial charge in [0.05, 0.1) is 13.0 Å². The Bertz CT molecular complexity index is 170. The van der Waals surface area contributed by atoms with Gasteiger partial charge in [-0.1, -0.05) is 13.3 Å². The van der Waals surface area contributed by atoms with E-state index in [2.05, 4.69) is 12.2 Å². The lowest BCUT2D eigenvalue weighted by molar-refractivity contribution is -0.142. The van der Waals surface area contributed by atoms with E-state index in [0.29, 0.717) is 19.1 Å². The summed E-state index contributed by atoms with van der Waals surface area (Å²) in [6.45, 7) is 5.29. The molecule has 0 saturated heterocycles. The van der Waals surface area contributed by atoms with Crippen LogP contribution >= 0.6 is 0 Å². The standard InChI is InChI=1S/C10H19NO2/c1-3-8-7-9(8)11-6-5-10(12)13-4-2/h8-9,11H,3-7H2,1-2H3.